The molecule has 0 bridgehead atoms. The molecule has 0 fully saturated rings. The Morgan fingerprint density at radius 3 is 2.35 bits per heavy atom. The van der Waals surface area contributed by atoms with Crippen LogP contribution in [0.4, 0.5) is 5.69 Å². The molecule has 0 spiro atoms. The third kappa shape index (κ3) is 7.61. The van der Waals surface area contributed by atoms with E-state index in [1.54, 1.807) is 44.2 Å². The molecular formula is C33H29BrN2O10. The van der Waals surface area contributed by atoms with Crippen molar-refractivity contribution in [2.75, 3.05) is 20.3 Å². The number of halogens is 1. The summed E-state index contributed by atoms with van der Waals surface area (Å²) in [6, 6.07) is 14.9. The van der Waals surface area contributed by atoms with Crippen molar-refractivity contribution < 1.29 is 43.7 Å². The fourth-order valence-corrected chi connectivity index (χ4v) is 5.39. The number of nitrogens with one attached hydrogen (secondary N) is 1. The molecule has 1 aliphatic heterocycles. The summed E-state index contributed by atoms with van der Waals surface area (Å²) in [5.41, 5.74) is 1.43. The maximum Gasteiger partial charge on any atom is 0.336 e. The maximum atomic E-state index is 13.5. The van der Waals surface area contributed by atoms with E-state index >= 15 is 0 Å². The van der Waals surface area contributed by atoms with Crippen LogP contribution in [-0.4, -0.2) is 53.2 Å². The second-order valence-electron chi connectivity index (χ2n) is 10.1. The largest absolute Gasteiger partial charge is 0.508 e. The highest BCUT2D eigenvalue weighted by molar-refractivity contribution is 9.10. The first kappa shape index (κ1) is 33.5. The number of phenolic OH excluding ortho intramolecular Hbond substituents is 2. The number of nitro groups is 1. The topological polar surface area (TPSA) is 175 Å². The van der Waals surface area contributed by atoms with E-state index < -0.39 is 34.3 Å². The molecule has 4 rings (SSSR count). The molecule has 0 aromatic heterocycles. The Morgan fingerprint density at radius 2 is 1.67 bits per heavy atom. The first-order valence-electron chi connectivity index (χ1n) is 13.8. The Hall–Kier alpha value is -5.43. The summed E-state index contributed by atoms with van der Waals surface area (Å²) < 4.78 is 16.9. The molecule has 13 heteroatoms. The first-order chi connectivity index (χ1) is 21.9. The number of allylic oxidation sites excluding steroid dienone is 3. The van der Waals surface area contributed by atoms with E-state index in [2.05, 4.69) is 21.2 Å². The van der Waals surface area contributed by atoms with E-state index in [1.165, 1.54) is 31.4 Å². The van der Waals surface area contributed by atoms with Gasteiger partial charge in [-0.3, -0.25) is 14.9 Å². The summed E-state index contributed by atoms with van der Waals surface area (Å²) in [4.78, 5) is 50.2. The van der Waals surface area contributed by atoms with Crippen molar-refractivity contribution in [1.82, 2.24) is 5.32 Å². The number of rotatable bonds is 11. The number of carbonyl (C=O) groups is 3. The van der Waals surface area contributed by atoms with Crippen LogP contribution in [0.1, 0.15) is 41.3 Å². The number of nitrogens with zero attached hydrogens (tertiary/aromatic N) is 1. The number of nitro benzene ring substituents is 1. The number of benzene rings is 3. The van der Waals surface area contributed by atoms with Crippen molar-refractivity contribution >= 4 is 45.4 Å². The summed E-state index contributed by atoms with van der Waals surface area (Å²) >= 11 is 3.36. The lowest BCUT2D eigenvalue weighted by Crippen LogP contribution is -2.32. The number of esters is 2. The molecule has 0 saturated heterocycles. The molecule has 0 amide bonds. The van der Waals surface area contributed by atoms with E-state index in [9.17, 15) is 34.7 Å². The van der Waals surface area contributed by atoms with Gasteiger partial charge in [0.15, 0.2) is 5.78 Å². The molecule has 0 radical (unpaired) electrons. The van der Waals surface area contributed by atoms with E-state index in [-0.39, 0.29) is 47.1 Å². The molecule has 3 aromatic carbocycles. The Labute approximate surface area is 271 Å². The van der Waals surface area contributed by atoms with Crippen LogP contribution in [0, 0.1) is 10.1 Å². The van der Waals surface area contributed by atoms with Gasteiger partial charge in [-0.05, 0) is 43.2 Å². The number of carbonyl (C=O) groups excluding carboxylic acids is 3. The Morgan fingerprint density at radius 1 is 0.978 bits per heavy atom. The quantitative estimate of drug-likeness (QED) is 0.0562. The van der Waals surface area contributed by atoms with Gasteiger partial charge in [0.2, 0.25) is 0 Å². The van der Waals surface area contributed by atoms with Crippen LogP contribution in [0.5, 0.6) is 17.2 Å². The normalized spacial score (nSPS) is 14.6. The lowest BCUT2D eigenvalue weighted by Gasteiger charge is -2.30. The minimum absolute atomic E-state index is 0.0232. The molecule has 46 heavy (non-hydrogen) atoms. The fraction of sp³-hybridized carbons (Fsp3) is 0.182. The Bertz CT molecular complexity index is 1810. The highest BCUT2D eigenvalue weighted by atomic mass is 79.9. The molecular weight excluding hydrogens is 664 g/mol. The third-order valence-corrected chi connectivity index (χ3v) is 7.46. The second kappa shape index (κ2) is 14.6. The van der Waals surface area contributed by atoms with Crippen LogP contribution in [0.25, 0.3) is 6.08 Å². The van der Waals surface area contributed by atoms with Gasteiger partial charge in [-0.1, -0.05) is 46.3 Å². The summed E-state index contributed by atoms with van der Waals surface area (Å²) in [6.45, 7) is 2.59. The van der Waals surface area contributed by atoms with Crippen LogP contribution >= 0.6 is 15.9 Å². The highest BCUT2D eigenvalue weighted by Crippen LogP contribution is 2.40. The van der Waals surface area contributed by atoms with Crippen molar-refractivity contribution in [3.8, 4) is 17.2 Å². The van der Waals surface area contributed by atoms with E-state index in [0.717, 1.165) is 22.2 Å². The Kier molecular flexibility index (Phi) is 10.6. The lowest BCUT2D eigenvalue weighted by atomic mass is 9.80. The number of methoxy groups -OCH3 is 1. The van der Waals surface area contributed by atoms with E-state index in [4.69, 9.17) is 14.2 Å². The molecule has 1 heterocycles. The van der Waals surface area contributed by atoms with Crippen molar-refractivity contribution in [3.63, 3.8) is 0 Å². The van der Waals surface area contributed by atoms with Gasteiger partial charge in [-0.15, -0.1) is 0 Å². The number of dihydropyridines is 1. The smallest absolute Gasteiger partial charge is 0.336 e. The zero-order valence-corrected chi connectivity index (χ0v) is 26.5. The predicted molar refractivity (Wildman–Crippen MR) is 170 cm³/mol. The molecule has 0 aliphatic carbocycles. The number of ketones is 1. The average Bonchev–Trinajstić information content (AvgIpc) is 3.01. The molecule has 3 aromatic rings. The summed E-state index contributed by atoms with van der Waals surface area (Å²) in [6.07, 6.45) is 2.80. The third-order valence-electron chi connectivity index (χ3n) is 6.96. The SMILES string of the molecule is COC(=O)C1=C(C)NC(C)=C(C(=O)OCCOc2cc(O)cc(O)c2C(=O)/C=C/c2cccc(Br)c2)C1c1cccc([N+](=O)[O-])c1. The van der Waals surface area contributed by atoms with Gasteiger partial charge < -0.3 is 29.7 Å². The number of non-ortho nitro benzene ring substituents is 1. The van der Waals surface area contributed by atoms with Gasteiger partial charge in [0.25, 0.3) is 5.69 Å². The second-order valence-corrected chi connectivity index (χ2v) is 11.0. The summed E-state index contributed by atoms with van der Waals surface area (Å²) in [5.74, 6) is -4.25. The van der Waals surface area contributed by atoms with Crippen molar-refractivity contribution in [1.29, 1.82) is 0 Å². The van der Waals surface area contributed by atoms with Crippen molar-refractivity contribution in [3.05, 3.63) is 121 Å². The number of aromatic hydroxyl groups is 2. The zero-order valence-electron chi connectivity index (χ0n) is 24.9. The molecule has 1 unspecified atom stereocenters. The molecule has 238 valence electrons. The number of phenols is 2. The Balaban J connectivity index is 1.54. The molecule has 1 aliphatic rings. The minimum Gasteiger partial charge on any atom is -0.508 e. The van der Waals surface area contributed by atoms with E-state index in [1.807, 2.05) is 6.07 Å². The number of ether oxygens (including phenoxy) is 3. The van der Waals surface area contributed by atoms with E-state index in [0.29, 0.717) is 17.0 Å². The molecule has 0 saturated carbocycles. The standard InChI is InChI=1S/C33H29BrN2O10/c1-18-28(32(40)44-3)30(21-7-5-9-23(15-21)36(42)43)29(19(2)35-18)33(41)46-13-12-45-27-17-24(37)16-26(39)31(27)25(38)11-10-20-6-4-8-22(34)14-20/h4-11,14-17,30,35,37,39H,12-13H2,1-3H3/b11-10+. The maximum absolute atomic E-state index is 13.5. The van der Waals surface area contributed by atoms with Crippen LogP contribution in [-0.2, 0) is 19.1 Å². The van der Waals surface area contributed by atoms with Crippen LogP contribution in [0.2, 0.25) is 0 Å². The molecule has 1 atom stereocenters. The van der Waals surface area contributed by atoms with Gasteiger partial charge in [0, 0.05) is 40.1 Å². The molecule has 12 nitrogen and oxygen atoms in total. The van der Waals surface area contributed by atoms with Gasteiger partial charge in [-0.25, -0.2) is 9.59 Å². The first-order valence-corrected chi connectivity index (χ1v) is 14.6. The van der Waals surface area contributed by atoms with Gasteiger partial charge in [-0.2, -0.15) is 0 Å². The van der Waals surface area contributed by atoms with Crippen molar-refractivity contribution in [2.45, 2.75) is 19.8 Å². The predicted octanol–water partition coefficient (Wildman–Crippen LogP) is 5.69. The summed E-state index contributed by atoms with van der Waals surface area (Å²) in [5, 5.41) is 34.9. The van der Waals surface area contributed by atoms with Gasteiger partial charge in [0.1, 0.15) is 36.0 Å². The number of hydrogen-bond acceptors (Lipinski definition) is 11. The summed E-state index contributed by atoms with van der Waals surface area (Å²) in [7, 11) is 1.18. The van der Waals surface area contributed by atoms with Crippen LogP contribution in [0.15, 0.2) is 93.8 Å². The minimum atomic E-state index is -1.05. The van der Waals surface area contributed by atoms with Crippen LogP contribution in [0.3, 0.4) is 0 Å². The molecule has 3 N–H and O–H groups in total. The lowest BCUT2D eigenvalue weighted by molar-refractivity contribution is -0.384. The van der Waals surface area contributed by atoms with Gasteiger partial charge in [0.05, 0.1) is 29.1 Å². The van der Waals surface area contributed by atoms with Crippen LogP contribution < -0.4 is 10.1 Å². The highest BCUT2D eigenvalue weighted by Gasteiger charge is 2.38. The van der Waals surface area contributed by atoms with Gasteiger partial charge >= 0.3 is 11.9 Å². The number of hydrogen-bond donors (Lipinski definition) is 3. The monoisotopic (exact) mass is 692 g/mol. The fourth-order valence-electron chi connectivity index (χ4n) is 4.97. The zero-order chi connectivity index (χ0) is 33.5. The average molecular weight is 694 g/mol. The van der Waals surface area contributed by atoms with Crippen molar-refractivity contribution in [2.24, 2.45) is 0 Å².